The quantitative estimate of drug-likeness (QED) is 0.187. The van der Waals surface area contributed by atoms with Crippen molar-refractivity contribution in [2.45, 2.75) is 0 Å². The fourth-order valence-corrected chi connectivity index (χ4v) is 7.94. The molecule has 6 heterocycles. The number of pyridine rings is 1. The zero-order chi connectivity index (χ0) is 39.5. The van der Waals surface area contributed by atoms with Crippen molar-refractivity contribution in [1.82, 2.24) is 24.5 Å². The standard InChI is InChI=1S/C44H31N5.C9H7N/c45-38-27-36-26-34-22-21-32(46-34)25-33-23-24-35(47-33)28-39-40(29-13-5-1-6-14-29)41(30-15-7-2-8-16-30)44(49(39)37-19-11-4-12-20-37)42(43(38)48-36)31-17-9-3-10-18-31;1-2-6-9-8(4-1)5-3-7-10-9/h1-28,46H,45H2;1-7H. The van der Waals surface area contributed by atoms with E-state index in [4.69, 9.17) is 15.7 Å². The van der Waals surface area contributed by atoms with Crippen LogP contribution in [-0.2, 0) is 0 Å². The molecule has 0 amide bonds. The van der Waals surface area contributed by atoms with E-state index in [9.17, 15) is 0 Å². The Morgan fingerprint density at radius 2 is 1.02 bits per heavy atom. The molecule has 11 rings (SSSR count). The monoisotopic (exact) mass is 758 g/mol. The van der Waals surface area contributed by atoms with E-state index in [0.29, 0.717) is 5.70 Å². The Balaban J connectivity index is 0.000000366. The number of nitrogens with one attached hydrogen (secondary N) is 1. The topological polar surface area (TPSA) is 85.4 Å². The van der Waals surface area contributed by atoms with Crippen molar-refractivity contribution in [2.75, 3.05) is 0 Å². The van der Waals surface area contributed by atoms with E-state index in [1.807, 2.05) is 48.7 Å². The van der Waals surface area contributed by atoms with Gasteiger partial charge in [0.2, 0.25) is 0 Å². The molecule has 5 aromatic carbocycles. The molecule has 6 nitrogen and oxygen atoms in total. The molecule has 0 saturated heterocycles. The Morgan fingerprint density at radius 1 is 0.475 bits per heavy atom. The molecule has 2 aliphatic rings. The summed E-state index contributed by atoms with van der Waals surface area (Å²) in [6, 6.07) is 64.8. The van der Waals surface area contributed by atoms with Gasteiger partial charge < -0.3 is 15.3 Å². The molecule has 4 aromatic heterocycles. The summed E-state index contributed by atoms with van der Waals surface area (Å²) in [6.45, 7) is 0. The largest absolute Gasteiger partial charge is 0.397 e. The third kappa shape index (κ3) is 7.00. The number of nitrogens with zero attached hydrogens (tertiary/aromatic N) is 4. The highest BCUT2D eigenvalue weighted by atomic mass is 15.0. The van der Waals surface area contributed by atoms with Crippen molar-refractivity contribution in [3.63, 3.8) is 0 Å². The maximum Gasteiger partial charge on any atom is 0.0966 e. The second-order valence-corrected chi connectivity index (χ2v) is 14.4. The minimum atomic E-state index is 0.612. The molecule has 0 fully saturated rings. The van der Waals surface area contributed by atoms with Crippen molar-refractivity contribution < 1.29 is 0 Å². The molecule has 2 aliphatic heterocycles. The summed E-state index contributed by atoms with van der Waals surface area (Å²) >= 11 is 0. The van der Waals surface area contributed by atoms with Gasteiger partial charge in [0, 0.05) is 45.0 Å². The molecule has 0 aliphatic carbocycles. The first-order valence-electron chi connectivity index (χ1n) is 19.6. The average molecular weight is 759 g/mol. The summed E-state index contributed by atoms with van der Waals surface area (Å²) < 4.78 is 2.37. The number of hydrogen-bond acceptors (Lipinski definition) is 4. The van der Waals surface area contributed by atoms with Gasteiger partial charge in [-0.1, -0.05) is 133 Å². The molecule has 280 valence electrons. The number of para-hydroxylation sites is 2. The predicted octanol–water partition coefficient (Wildman–Crippen LogP) is 12.6. The van der Waals surface area contributed by atoms with Gasteiger partial charge in [-0.15, -0.1) is 0 Å². The summed E-state index contributed by atoms with van der Waals surface area (Å²) in [5.41, 5.74) is 23.2. The second kappa shape index (κ2) is 15.4. The molecule has 9 aromatic rings. The van der Waals surface area contributed by atoms with Crippen LogP contribution in [0.4, 0.5) is 0 Å². The Hall–Kier alpha value is -8.09. The van der Waals surface area contributed by atoms with Crippen molar-refractivity contribution in [1.29, 1.82) is 0 Å². The van der Waals surface area contributed by atoms with E-state index in [1.165, 1.54) is 5.39 Å². The Labute approximate surface area is 342 Å². The summed E-state index contributed by atoms with van der Waals surface area (Å²) in [7, 11) is 0. The highest BCUT2D eigenvalue weighted by Gasteiger charge is 2.26. The lowest BCUT2D eigenvalue weighted by atomic mass is 9.93. The number of benzene rings is 5. The van der Waals surface area contributed by atoms with Gasteiger partial charge in [-0.05, 0) is 89.5 Å². The van der Waals surface area contributed by atoms with Gasteiger partial charge in [0.25, 0.3) is 0 Å². The fourth-order valence-electron chi connectivity index (χ4n) is 7.94. The van der Waals surface area contributed by atoms with Crippen molar-refractivity contribution >= 4 is 56.9 Å². The molecular weight excluding hydrogens is 721 g/mol. The maximum atomic E-state index is 6.99. The summed E-state index contributed by atoms with van der Waals surface area (Å²) in [6.07, 6.45) is 7.93. The van der Waals surface area contributed by atoms with E-state index in [2.05, 4.69) is 178 Å². The van der Waals surface area contributed by atoms with Crippen LogP contribution in [0.15, 0.2) is 194 Å². The smallest absolute Gasteiger partial charge is 0.0966 e. The first-order chi connectivity index (χ1) is 29.2. The van der Waals surface area contributed by atoms with Crippen LogP contribution in [0.2, 0.25) is 0 Å². The molecule has 0 unspecified atom stereocenters. The zero-order valence-electron chi connectivity index (χ0n) is 32.1. The Bertz CT molecular complexity index is 3130. The highest BCUT2D eigenvalue weighted by molar-refractivity contribution is 6.11. The van der Waals surface area contributed by atoms with E-state index >= 15 is 0 Å². The first-order valence-corrected chi connectivity index (χ1v) is 19.6. The molecule has 0 saturated carbocycles. The molecule has 59 heavy (non-hydrogen) atoms. The van der Waals surface area contributed by atoms with Crippen molar-refractivity contribution in [3.8, 4) is 39.1 Å². The van der Waals surface area contributed by atoms with Gasteiger partial charge in [-0.3, -0.25) is 4.98 Å². The third-order valence-corrected chi connectivity index (χ3v) is 10.5. The number of aromatic amines is 1. The number of fused-ring (bicyclic) bond motifs is 9. The lowest BCUT2D eigenvalue weighted by molar-refractivity contribution is 1.17. The summed E-state index contributed by atoms with van der Waals surface area (Å²) in [5, 5.41) is 1.20. The lowest BCUT2D eigenvalue weighted by Gasteiger charge is -2.14. The number of hydrogen-bond donors (Lipinski definition) is 2. The van der Waals surface area contributed by atoms with Gasteiger partial charge in [0.1, 0.15) is 0 Å². The molecule has 6 heteroatoms. The van der Waals surface area contributed by atoms with Crippen LogP contribution in [0.3, 0.4) is 0 Å². The van der Waals surface area contributed by atoms with E-state index in [0.717, 1.165) is 89.4 Å². The highest BCUT2D eigenvalue weighted by Crippen LogP contribution is 2.47. The van der Waals surface area contributed by atoms with Gasteiger partial charge >= 0.3 is 0 Å². The molecule has 8 bridgehead atoms. The number of nitrogens with two attached hydrogens (primary N) is 1. The van der Waals surface area contributed by atoms with E-state index < -0.39 is 0 Å². The van der Waals surface area contributed by atoms with Crippen LogP contribution in [0.5, 0.6) is 0 Å². The minimum Gasteiger partial charge on any atom is -0.397 e. The molecular formula is C53H38N6. The molecule has 0 spiro atoms. The third-order valence-electron chi connectivity index (χ3n) is 10.5. The second-order valence-electron chi connectivity index (χ2n) is 14.4. The van der Waals surface area contributed by atoms with Gasteiger partial charge in [-0.2, -0.15) is 0 Å². The Morgan fingerprint density at radius 3 is 1.68 bits per heavy atom. The first kappa shape index (κ1) is 35.3. The summed E-state index contributed by atoms with van der Waals surface area (Å²) in [5.74, 6) is 0. The van der Waals surface area contributed by atoms with Crippen molar-refractivity contribution in [2.24, 2.45) is 5.73 Å². The lowest BCUT2D eigenvalue weighted by Crippen LogP contribution is -2.01. The van der Waals surface area contributed by atoms with Crippen LogP contribution in [-0.4, -0.2) is 24.5 Å². The van der Waals surface area contributed by atoms with Crippen LogP contribution in [0, 0.1) is 0 Å². The summed E-state index contributed by atoms with van der Waals surface area (Å²) in [4.78, 5) is 18.0. The van der Waals surface area contributed by atoms with Gasteiger partial charge in [0.15, 0.2) is 0 Å². The van der Waals surface area contributed by atoms with Crippen LogP contribution >= 0.6 is 0 Å². The van der Waals surface area contributed by atoms with Crippen LogP contribution in [0.1, 0.15) is 22.8 Å². The fraction of sp³-hybridized carbons (Fsp3) is 0. The number of rotatable bonds is 4. The molecule has 0 radical (unpaired) electrons. The van der Waals surface area contributed by atoms with E-state index in [1.54, 1.807) is 0 Å². The van der Waals surface area contributed by atoms with Crippen LogP contribution < -0.4 is 5.73 Å². The number of aromatic nitrogens is 5. The van der Waals surface area contributed by atoms with Gasteiger partial charge in [0.05, 0.1) is 45.0 Å². The Kier molecular flexibility index (Phi) is 9.25. The van der Waals surface area contributed by atoms with Gasteiger partial charge in [-0.25, -0.2) is 9.97 Å². The zero-order valence-corrected chi connectivity index (χ0v) is 32.1. The van der Waals surface area contributed by atoms with Crippen LogP contribution in [0.25, 0.3) is 96.0 Å². The minimum absolute atomic E-state index is 0.612. The van der Waals surface area contributed by atoms with E-state index in [-0.39, 0.29) is 0 Å². The SMILES string of the molecule is NC1=Cc2cc3ccc(cc4nc(cc5c(-c6ccccc6)c(-c6ccccc6)c(c(-c6ccccc6)c1n2)n5-c1ccccc1)C=C4)[nH]3.c1ccc2ncccc2c1. The average Bonchev–Trinajstić information content (AvgIpc) is 4.09. The maximum absolute atomic E-state index is 6.99. The molecule has 3 N–H and O–H groups in total. The molecule has 0 atom stereocenters. The number of H-pyrrole nitrogens is 1. The predicted molar refractivity (Wildman–Crippen MR) is 245 cm³/mol. The van der Waals surface area contributed by atoms with Crippen molar-refractivity contribution in [3.05, 3.63) is 217 Å². The normalized spacial score (nSPS) is 11.8.